The largest absolute Gasteiger partial charge is 0.482 e. The molecule has 1 aliphatic carbocycles. The average Bonchev–Trinajstić information content (AvgIpc) is 3.27. The first-order valence-electron chi connectivity index (χ1n) is 9.64. The molecule has 2 amide bonds. The lowest BCUT2D eigenvalue weighted by molar-refractivity contribution is -0.139. The maximum absolute atomic E-state index is 12.4. The molecule has 1 fully saturated rings. The molecule has 3 rings (SSSR count). The molecular weight excluding hydrogens is 372 g/mol. The van der Waals surface area contributed by atoms with Gasteiger partial charge < -0.3 is 20.5 Å². The van der Waals surface area contributed by atoms with Crippen LogP contribution in [0.5, 0.6) is 5.75 Å². The van der Waals surface area contributed by atoms with Crippen LogP contribution in [0.15, 0.2) is 48.5 Å². The Morgan fingerprint density at radius 3 is 2.24 bits per heavy atom. The van der Waals surface area contributed by atoms with Crippen molar-refractivity contribution in [2.75, 3.05) is 11.9 Å². The van der Waals surface area contributed by atoms with Gasteiger partial charge in [0.25, 0.3) is 5.91 Å². The highest BCUT2D eigenvalue weighted by molar-refractivity contribution is 6.04. The Morgan fingerprint density at radius 2 is 1.62 bits per heavy atom. The average molecular weight is 396 g/mol. The van der Waals surface area contributed by atoms with Gasteiger partial charge in [0.15, 0.2) is 6.61 Å². The number of aliphatic carboxylic acids is 1. The summed E-state index contributed by atoms with van der Waals surface area (Å²) in [5, 5.41) is 14.3. The number of carbonyl (C=O) groups is 3. The molecule has 1 aliphatic rings. The highest BCUT2D eigenvalue weighted by Gasteiger charge is 2.22. The third-order valence-corrected chi connectivity index (χ3v) is 4.88. The summed E-state index contributed by atoms with van der Waals surface area (Å²) in [7, 11) is 0. The lowest BCUT2D eigenvalue weighted by Gasteiger charge is -2.11. The summed E-state index contributed by atoms with van der Waals surface area (Å²) in [6, 6.07) is 13.6. The van der Waals surface area contributed by atoms with E-state index in [1.165, 1.54) is 0 Å². The monoisotopic (exact) mass is 396 g/mol. The van der Waals surface area contributed by atoms with E-state index in [2.05, 4.69) is 10.6 Å². The number of rotatable bonds is 8. The maximum atomic E-state index is 12.4. The summed E-state index contributed by atoms with van der Waals surface area (Å²) < 4.78 is 5.06. The van der Waals surface area contributed by atoms with Crippen molar-refractivity contribution < 1.29 is 24.2 Å². The number of anilines is 1. The summed E-state index contributed by atoms with van der Waals surface area (Å²) in [5.41, 5.74) is 2.01. The Morgan fingerprint density at radius 1 is 0.966 bits per heavy atom. The molecule has 0 radical (unpaired) electrons. The molecule has 0 heterocycles. The molecule has 0 spiro atoms. The van der Waals surface area contributed by atoms with Crippen LogP contribution in [-0.4, -0.2) is 29.5 Å². The predicted octanol–water partition coefficient (Wildman–Crippen LogP) is 3.21. The van der Waals surface area contributed by atoms with E-state index in [4.69, 9.17) is 9.84 Å². The quantitative estimate of drug-likeness (QED) is 0.636. The Balaban J connectivity index is 1.49. The smallest absolute Gasteiger partial charge is 0.341 e. The molecule has 29 heavy (non-hydrogen) atoms. The van der Waals surface area contributed by atoms with Crippen LogP contribution in [0.25, 0.3) is 0 Å². The van der Waals surface area contributed by atoms with Gasteiger partial charge in [0.2, 0.25) is 5.91 Å². The van der Waals surface area contributed by atoms with E-state index < -0.39 is 12.6 Å². The minimum Gasteiger partial charge on any atom is -0.482 e. The first-order chi connectivity index (χ1) is 14.0. The fourth-order valence-electron chi connectivity index (χ4n) is 3.28. The standard InChI is InChI=1S/C22H24N2O5/c25-20(26)14-29-19-11-9-18(10-12-19)24-22(28)17-7-5-15(6-8-17)13-23-21(27)16-3-1-2-4-16/h5-12,16H,1-4,13-14H2,(H,23,27)(H,24,28)(H,25,26). The third kappa shape index (κ3) is 6.07. The van der Waals surface area contributed by atoms with Crippen LogP contribution in [0, 0.1) is 5.92 Å². The van der Waals surface area contributed by atoms with Crippen LogP contribution in [-0.2, 0) is 16.1 Å². The van der Waals surface area contributed by atoms with Crippen molar-refractivity contribution in [2.45, 2.75) is 32.2 Å². The van der Waals surface area contributed by atoms with Crippen molar-refractivity contribution in [3.05, 3.63) is 59.7 Å². The highest BCUT2D eigenvalue weighted by Crippen LogP contribution is 2.24. The van der Waals surface area contributed by atoms with Gasteiger partial charge in [0.05, 0.1) is 0 Å². The molecule has 2 aromatic rings. The molecular formula is C22H24N2O5. The van der Waals surface area contributed by atoms with E-state index in [-0.39, 0.29) is 17.7 Å². The summed E-state index contributed by atoms with van der Waals surface area (Å²) >= 11 is 0. The second-order valence-corrected chi connectivity index (χ2v) is 7.06. The van der Waals surface area contributed by atoms with Crippen LogP contribution in [0.2, 0.25) is 0 Å². The Hall–Kier alpha value is -3.35. The zero-order chi connectivity index (χ0) is 20.6. The van der Waals surface area contributed by atoms with Gasteiger partial charge in [-0.15, -0.1) is 0 Å². The number of carbonyl (C=O) groups excluding carboxylic acids is 2. The first kappa shape index (κ1) is 20.4. The second kappa shape index (κ2) is 9.73. The van der Waals surface area contributed by atoms with E-state index >= 15 is 0 Å². The SMILES string of the molecule is O=C(O)COc1ccc(NC(=O)c2ccc(CNC(=O)C3CCCC3)cc2)cc1. The topological polar surface area (TPSA) is 105 Å². The predicted molar refractivity (Wildman–Crippen MR) is 108 cm³/mol. The van der Waals surface area contributed by atoms with E-state index in [1.54, 1.807) is 36.4 Å². The Labute approximate surface area is 169 Å². The number of carboxylic acid groups (broad SMARTS) is 1. The van der Waals surface area contributed by atoms with E-state index in [9.17, 15) is 14.4 Å². The van der Waals surface area contributed by atoms with Crippen molar-refractivity contribution in [3.63, 3.8) is 0 Å². The molecule has 0 saturated heterocycles. The zero-order valence-electron chi connectivity index (χ0n) is 16.0. The van der Waals surface area contributed by atoms with Gasteiger partial charge in [-0.3, -0.25) is 9.59 Å². The van der Waals surface area contributed by atoms with Gasteiger partial charge in [0.1, 0.15) is 5.75 Å². The van der Waals surface area contributed by atoms with Gasteiger partial charge in [-0.1, -0.05) is 25.0 Å². The number of hydrogen-bond donors (Lipinski definition) is 3. The molecule has 0 aromatic heterocycles. The summed E-state index contributed by atoms with van der Waals surface area (Å²) in [6.45, 7) is 0.0359. The second-order valence-electron chi connectivity index (χ2n) is 7.06. The van der Waals surface area contributed by atoms with Gasteiger partial charge in [-0.05, 0) is 54.8 Å². The molecule has 7 nitrogen and oxygen atoms in total. The van der Waals surface area contributed by atoms with Crippen molar-refractivity contribution in [1.29, 1.82) is 0 Å². The number of ether oxygens (including phenoxy) is 1. The number of benzene rings is 2. The highest BCUT2D eigenvalue weighted by atomic mass is 16.5. The molecule has 152 valence electrons. The number of nitrogens with one attached hydrogen (secondary N) is 2. The van der Waals surface area contributed by atoms with Crippen molar-refractivity contribution in [1.82, 2.24) is 5.32 Å². The van der Waals surface area contributed by atoms with E-state index in [0.717, 1.165) is 31.2 Å². The van der Waals surface area contributed by atoms with Crippen molar-refractivity contribution in [3.8, 4) is 5.75 Å². The lowest BCUT2D eigenvalue weighted by atomic mass is 10.1. The minimum atomic E-state index is -1.05. The van der Waals surface area contributed by atoms with Crippen molar-refractivity contribution in [2.24, 2.45) is 5.92 Å². The first-order valence-corrected chi connectivity index (χ1v) is 9.64. The van der Waals surface area contributed by atoms with Crippen LogP contribution >= 0.6 is 0 Å². The van der Waals surface area contributed by atoms with Gasteiger partial charge >= 0.3 is 5.97 Å². The summed E-state index contributed by atoms with van der Waals surface area (Å²) in [6.07, 6.45) is 4.19. The fraction of sp³-hybridized carbons (Fsp3) is 0.318. The number of hydrogen-bond acceptors (Lipinski definition) is 4. The Kier molecular flexibility index (Phi) is 6.84. The van der Waals surface area contributed by atoms with Crippen molar-refractivity contribution >= 4 is 23.5 Å². The molecule has 0 bridgehead atoms. The third-order valence-electron chi connectivity index (χ3n) is 4.88. The molecule has 0 unspecified atom stereocenters. The molecule has 0 aliphatic heterocycles. The van der Waals surface area contributed by atoms with Crippen LogP contribution < -0.4 is 15.4 Å². The van der Waals surface area contributed by atoms with E-state index in [1.807, 2.05) is 12.1 Å². The van der Waals surface area contributed by atoms with Crippen LogP contribution in [0.4, 0.5) is 5.69 Å². The van der Waals surface area contributed by atoms with Crippen LogP contribution in [0.1, 0.15) is 41.6 Å². The minimum absolute atomic E-state index is 0.111. The molecule has 1 saturated carbocycles. The zero-order valence-corrected chi connectivity index (χ0v) is 16.0. The summed E-state index contributed by atoms with van der Waals surface area (Å²) in [5.74, 6) is -0.648. The lowest BCUT2D eigenvalue weighted by Crippen LogP contribution is -2.28. The molecule has 2 aromatic carbocycles. The van der Waals surface area contributed by atoms with E-state index in [0.29, 0.717) is 23.5 Å². The van der Waals surface area contributed by atoms with Gasteiger partial charge in [-0.25, -0.2) is 4.79 Å². The normalized spacial score (nSPS) is 13.7. The number of amides is 2. The van der Waals surface area contributed by atoms with Crippen LogP contribution in [0.3, 0.4) is 0 Å². The summed E-state index contributed by atoms with van der Waals surface area (Å²) in [4.78, 5) is 35.0. The molecule has 3 N–H and O–H groups in total. The molecule has 0 atom stereocenters. The Bertz CT molecular complexity index is 856. The number of carboxylic acids is 1. The maximum Gasteiger partial charge on any atom is 0.341 e. The van der Waals surface area contributed by atoms with Gasteiger partial charge in [0, 0.05) is 23.7 Å². The van der Waals surface area contributed by atoms with Gasteiger partial charge in [-0.2, -0.15) is 0 Å². The molecule has 7 heteroatoms. The fourth-order valence-corrected chi connectivity index (χ4v) is 3.28.